The second-order valence-electron chi connectivity index (χ2n) is 2.18. The van der Waals surface area contributed by atoms with Crippen LogP contribution in [0.2, 0.25) is 0 Å². The van der Waals surface area contributed by atoms with Gasteiger partial charge >= 0.3 is 0 Å². The first-order valence-corrected chi connectivity index (χ1v) is 3.66. The van der Waals surface area contributed by atoms with Gasteiger partial charge in [0.2, 0.25) is 4.77 Å². The Bertz CT molecular complexity index is 287. The number of H-pyrrole nitrogens is 2. The molecule has 1 rings (SSSR count). The van der Waals surface area contributed by atoms with Crippen molar-refractivity contribution in [2.24, 2.45) is 5.73 Å². The van der Waals surface area contributed by atoms with Crippen LogP contribution < -0.4 is 5.73 Å². The van der Waals surface area contributed by atoms with E-state index in [9.17, 15) is 0 Å². The fourth-order valence-corrected chi connectivity index (χ4v) is 0.899. The lowest BCUT2D eigenvalue weighted by Gasteiger charge is -2.02. The number of aromatic amines is 2. The van der Waals surface area contributed by atoms with Gasteiger partial charge < -0.3 is 5.73 Å². The Labute approximate surface area is 69.5 Å². The van der Waals surface area contributed by atoms with Gasteiger partial charge in [-0.15, -0.1) is 6.58 Å². The van der Waals surface area contributed by atoms with Crippen LogP contribution in [-0.2, 0) is 0 Å². The fraction of sp³-hybridized carbons (Fsp3) is 0.333. The Balaban J connectivity index is 2.75. The third-order valence-corrected chi connectivity index (χ3v) is 1.48. The van der Waals surface area contributed by atoms with Gasteiger partial charge in [-0.2, -0.15) is 0 Å². The number of rotatable bonds is 3. The third kappa shape index (κ3) is 1.99. The zero-order valence-corrected chi connectivity index (χ0v) is 6.82. The van der Waals surface area contributed by atoms with Crippen LogP contribution in [0.25, 0.3) is 0 Å². The summed E-state index contributed by atoms with van der Waals surface area (Å²) in [6.07, 6.45) is 2.44. The lowest BCUT2D eigenvalue weighted by Crippen LogP contribution is -2.10. The Hall–Kier alpha value is -0.940. The summed E-state index contributed by atoms with van der Waals surface area (Å²) in [6, 6.07) is -0.138. The molecule has 1 heterocycles. The number of nitrogens with one attached hydrogen (secondary N) is 2. The summed E-state index contributed by atoms with van der Waals surface area (Å²) < 4.78 is 0.430. The summed E-state index contributed by atoms with van der Waals surface area (Å²) in [5.41, 5.74) is 5.69. The first-order chi connectivity index (χ1) is 5.24. The van der Waals surface area contributed by atoms with E-state index in [1.54, 1.807) is 6.08 Å². The highest BCUT2D eigenvalue weighted by Crippen LogP contribution is 2.06. The average Bonchev–Trinajstić information content (AvgIpc) is 2.36. The van der Waals surface area contributed by atoms with Crippen molar-refractivity contribution in [1.82, 2.24) is 15.2 Å². The maximum atomic E-state index is 5.69. The second kappa shape index (κ2) is 3.45. The molecule has 0 fully saturated rings. The van der Waals surface area contributed by atoms with Crippen molar-refractivity contribution in [2.45, 2.75) is 12.5 Å². The largest absolute Gasteiger partial charge is 0.321 e. The molecule has 11 heavy (non-hydrogen) atoms. The SMILES string of the molecule is C=CCC(N)c1nc(=S)[nH][nH]1. The molecule has 1 aromatic rings. The first-order valence-electron chi connectivity index (χ1n) is 3.25. The highest BCUT2D eigenvalue weighted by Gasteiger charge is 2.05. The van der Waals surface area contributed by atoms with Crippen LogP contribution in [0.1, 0.15) is 18.3 Å². The molecule has 0 bridgehead atoms. The normalized spacial score (nSPS) is 12.8. The molecule has 0 saturated heterocycles. The Morgan fingerprint density at radius 3 is 2.91 bits per heavy atom. The minimum absolute atomic E-state index is 0.138. The molecule has 4 nitrogen and oxygen atoms in total. The van der Waals surface area contributed by atoms with Gasteiger partial charge in [-0.1, -0.05) is 6.08 Å². The Kier molecular flexibility index (Phi) is 2.56. The van der Waals surface area contributed by atoms with Gasteiger partial charge in [-0.3, -0.25) is 10.2 Å². The van der Waals surface area contributed by atoms with Crippen molar-refractivity contribution in [3.63, 3.8) is 0 Å². The Morgan fingerprint density at radius 1 is 1.73 bits per heavy atom. The Morgan fingerprint density at radius 2 is 2.45 bits per heavy atom. The zero-order valence-electron chi connectivity index (χ0n) is 6.00. The zero-order chi connectivity index (χ0) is 8.27. The van der Waals surface area contributed by atoms with Crippen molar-refractivity contribution < 1.29 is 0 Å². The molecule has 0 spiro atoms. The van der Waals surface area contributed by atoms with E-state index in [0.717, 1.165) is 0 Å². The summed E-state index contributed by atoms with van der Waals surface area (Å²) >= 11 is 4.76. The molecule has 0 aliphatic heterocycles. The molecule has 60 valence electrons. The quantitative estimate of drug-likeness (QED) is 0.469. The summed E-state index contributed by atoms with van der Waals surface area (Å²) in [5.74, 6) is 0.676. The predicted octanol–water partition coefficient (Wildman–Crippen LogP) is 1.04. The van der Waals surface area contributed by atoms with E-state index in [1.807, 2.05) is 0 Å². The van der Waals surface area contributed by atoms with Gasteiger partial charge in [-0.25, -0.2) is 4.98 Å². The van der Waals surface area contributed by atoms with Crippen LogP contribution in [0.4, 0.5) is 0 Å². The van der Waals surface area contributed by atoms with Gasteiger partial charge in [0, 0.05) is 0 Å². The smallest absolute Gasteiger partial charge is 0.213 e. The van der Waals surface area contributed by atoms with Gasteiger partial charge in [0.05, 0.1) is 6.04 Å². The molecule has 5 heteroatoms. The van der Waals surface area contributed by atoms with Crippen LogP contribution in [0.3, 0.4) is 0 Å². The van der Waals surface area contributed by atoms with Gasteiger partial charge in [0.1, 0.15) is 5.82 Å². The summed E-state index contributed by atoms with van der Waals surface area (Å²) in [7, 11) is 0. The van der Waals surface area contributed by atoms with E-state index in [4.69, 9.17) is 18.0 Å². The van der Waals surface area contributed by atoms with Crippen molar-refractivity contribution >= 4 is 12.2 Å². The molecular formula is C6H10N4S. The van der Waals surface area contributed by atoms with Crippen LogP contribution in [0.5, 0.6) is 0 Å². The lowest BCUT2D eigenvalue weighted by molar-refractivity contribution is 0.686. The molecular weight excluding hydrogens is 160 g/mol. The van der Waals surface area contributed by atoms with Crippen LogP contribution in [0.15, 0.2) is 12.7 Å². The van der Waals surface area contributed by atoms with Crippen LogP contribution >= 0.6 is 12.2 Å². The number of aromatic nitrogens is 3. The predicted molar refractivity (Wildman–Crippen MR) is 45.5 cm³/mol. The topological polar surface area (TPSA) is 70.5 Å². The molecule has 0 saturated carbocycles. The van der Waals surface area contributed by atoms with E-state index in [1.165, 1.54) is 0 Å². The monoisotopic (exact) mass is 170 g/mol. The minimum Gasteiger partial charge on any atom is -0.321 e. The highest BCUT2D eigenvalue weighted by molar-refractivity contribution is 7.71. The first kappa shape index (κ1) is 8.16. The minimum atomic E-state index is -0.138. The number of hydrogen-bond acceptors (Lipinski definition) is 3. The van der Waals surface area contributed by atoms with Gasteiger partial charge in [-0.05, 0) is 18.6 Å². The molecule has 0 aliphatic rings. The maximum Gasteiger partial charge on any atom is 0.213 e. The summed E-state index contributed by atoms with van der Waals surface area (Å²) in [6.45, 7) is 3.58. The molecule has 1 aromatic heterocycles. The number of nitrogens with zero attached hydrogens (tertiary/aromatic N) is 1. The molecule has 0 radical (unpaired) electrons. The molecule has 0 aliphatic carbocycles. The van der Waals surface area contributed by atoms with Crippen molar-refractivity contribution in [1.29, 1.82) is 0 Å². The second-order valence-corrected chi connectivity index (χ2v) is 2.57. The van der Waals surface area contributed by atoms with Gasteiger partial charge in [0.25, 0.3) is 0 Å². The fourth-order valence-electron chi connectivity index (χ4n) is 0.750. The van der Waals surface area contributed by atoms with Crippen LogP contribution in [0, 0.1) is 4.77 Å². The molecule has 1 atom stereocenters. The maximum absolute atomic E-state index is 5.69. The van der Waals surface area contributed by atoms with E-state index in [-0.39, 0.29) is 6.04 Å². The lowest BCUT2D eigenvalue weighted by atomic mass is 10.2. The summed E-state index contributed by atoms with van der Waals surface area (Å²) in [5, 5.41) is 5.45. The van der Waals surface area contributed by atoms with E-state index in [2.05, 4.69) is 21.8 Å². The van der Waals surface area contributed by atoms with Crippen molar-refractivity contribution in [2.75, 3.05) is 0 Å². The standard InChI is InChI=1S/C6H10N4S/c1-2-3-4(7)5-8-6(11)10-9-5/h2,4H,1,3,7H2,(H2,8,9,10,11). The molecule has 0 amide bonds. The van der Waals surface area contributed by atoms with E-state index < -0.39 is 0 Å². The van der Waals surface area contributed by atoms with E-state index in [0.29, 0.717) is 17.0 Å². The average molecular weight is 170 g/mol. The van der Waals surface area contributed by atoms with Crippen molar-refractivity contribution in [3.8, 4) is 0 Å². The molecule has 0 aromatic carbocycles. The molecule has 1 unspecified atom stereocenters. The number of nitrogens with two attached hydrogens (primary N) is 1. The summed E-state index contributed by atoms with van der Waals surface area (Å²) in [4.78, 5) is 3.96. The van der Waals surface area contributed by atoms with Crippen LogP contribution in [-0.4, -0.2) is 15.2 Å². The van der Waals surface area contributed by atoms with E-state index >= 15 is 0 Å². The third-order valence-electron chi connectivity index (χ3n) is 1.29. The van der Waals surface area contributed by atoms with Gasteiger partial charge in [0.15, 0.2) is 0 Å². The highest BCUT2D eigenvalue weighted by atomic mass is 32.1. The molecule has 4 N–H and O–H groups in total. The van der Waals surface area contributed by atoms with Crippen molar-refractivity contribution in [3.05, 3.63) is 23.3 Å². The number of hydrogen-bond donors (Lipinski definition) is 3.